The highest BCUT2D eigenvalue weighted by Gasteiger charge is 2.07. The highest BCUT2D eigenvalue weighted by Crippen LogP contribution is 2.24. The van der Waals surface area contributed by atoms with Crippen molar-refractivity contribution in [2.45, 2.75) is 19.0 Å². The van der Waals surface area contributed by atoms with Crippen LogP contribution in [-0.2, 0) is 7.05 Å². The minimum Gasteiger partial charge on any atom is -0.492 e. The third-order valence-electron chi connectivity index (χ3n) is 3.87. The topological polar surface area (TPSA) is 27.1 Å². The minimum atomic E-state index is 0.679. The number of hydrogen-bond donors (Lipinski definition) is 0. The fraction of sp³-hybridized carbons (Fsp3) is 0.278. The van der Waals surface area contributed by atoms with Crippen molar-refractivity contribution >= 4 is 22.8 Å². The van der Waals surface area contributed by atoms with E-state index in [0.29, 0.717) is 6.61 Å². The zero-order valence-corrected chi connectivity index (χ0v) is 14.0. The molecular formula is C18H20N2OS. The van der Waals surface area contributed by atoms with Crippen molar-refractivity contribution in [3.8, 4) is 5.75 Å². The first-order chi connectivity index (χ1) is 10.7. The van der Waals surface area contributed by atoms with Crippen molar-refractivity contribution in [1.82, 2.24) is 9.55 Å². The lowest BCUT2D eigenvalue weighted by Gasteiger charge is -2.10. The standard InChI is InChI=1S/C18H20N2OS/c1-13-7-6-10-17(14(13)2)21-11-12-22-18-19-15-8-4-5-9-16(15)20(18)3/h4-10H,11-12H2,1-3H3. The van der Waals surface area contributed by atoms with E-state index >= 15 is 0 Å². The molecule has 0 aliphatic heterocycles. The first-order valence-electron chi connectivity index (χ1n) is 7.40. The zero-order chi connectivity index (χ0) is 15.5. The van der Waals surface area contributed by atoms with Crippen molar-refractivity contribution < 1.29 is 4.74 Å². The van der Waals surface area contributed by atoms with E-state index in [9.17, 15) is 0 Å². The maximum absolute atomic E-state index is 5.90. The van der Waals surface area contributed by atoms with Crippen LogP contribution in [0.15, 0.2) is 47.6 Å². The van der Waals surface area contributed by atoms with E-state index in [2.05, 4.69) is 42.6 Å². The zero-order valence-electron chi connectivity index (χ0n) is 13.2. The van der Waals surface area contributed by atoms with E-state index in [1.807, 2.05) is 30.3 Å². The molecule has 0 bridgehead atoms. The van der Waals surface area contributed by atoms with Gasteiger partial charge in [-0.25, -0.2) is 4.98 Å². The summed E-state index contributed by atoms with van der Waals surface area (Å²) in [7, 11) is 2.06. The second-order valence-corrected chi connectivity index (χ2v) is 6.40. The lowest BCUT2D eigenvalue weighted by Crippen LogP contribution is -2.03. The van der Waals surface area contributed by atoms with Gasteiger partial charge >= 0.3 is 0 Å². The molecule has 1 aromatic heterocycles. The molecular weight excluding hydrogens is 292 g/mol. The van der Waals surface area contributed by atoms with Gasteiger partial charge in [-0.05, 0) is 43.2 Å². The van der Waals surface area contributed by atoms with E-state index in [4.69, 9.17) is 4.74 Å². The van der Waals surface area contributed by atoms with E-state index in [1.165, 1.54) is 16.6 Å². The number of para-hydroxylation sites is 2. The Bertz CT molecular complexity index is 795. The fourth-order valence-electron chi connectivity index (χ4n) is 2.42. The van der Waals surface area contributed by atoms with Gasteiger partial charge in [0.25, 0.3) is 0 Å². The van der Waals surface area contributed by atoms with E-state index in [0.717, 1.165) is 22.2 Å². The van der Waals surface area contributed by atoms with Crippen LogP contribution in [0.2, 0.25) is 0 Å². The van der Waals surface area contributed by atoms with E-state index in [-0.39, 0.29) is 0 Å². The van der Waals surface area contributed by atoms with Gasteiger partial charge in [0.15, 0.2) is 5.16 Å². The quantitative estimate of drug-likeness (QED) is 0.517. The summed E-state index contributed by atoms with van der Waals surface area (Å²) in [6.07, 6.45) is 0. The minimum absolute atomic E-state index is 0.679. The number of rotatable bonds is 5. The van der Waals surface area contributed by atoms with Crippen LogP contribution < -0.4 is 4.74 Å². The van der Waals surface area contributed by atoms with E-state index in [1.54, 1.807) is 11.8 Å². The van der Waals surface area contributed by atoms with Gasteiger partial charge in [0.1, 0.15) is 5.75 Å². The summed E-state index contributed by atoms with van der Waals surface area (Å²) >= 11 is 1.73. The van der Waals surface area contributed by atoms with Crippen LogP contribution in [0.25, 0.3) is 11.0 Å². The average Bonchev–Trinajstić information content (AvgIpc) is 2.85. The summed E-state index contributed by atoms with van der Waals surface area (Å²) in [4.78, 5) is 4.66. The van der Waals surface area contributed by atoms with Gasteiger partial charge < -0.3 is 9.30 Å². The predicted molar refractivity (Wildman–Crippen MR) is 92.8 cm³/mol. The molecule has 0 aliphatic carbocycles. The number of aromatic nitrogens is 2. The Morgan fingerprint density at radius 3 is 2.73 bits per heavy atom. The van der Waals surface area contributed by atoms with Crippen LogP contribution in [0.4, 0.5) is 0 Å². The molecule has 0 fully saturated rings. The molecule has 3 rings (SSSR count). The Kier molecular flexibility index (Phi) is 4.39. The number of nitrogens with zero attached hydrogens (tertiary/aromatic N) is 2. The Balaban J connectivity index is 1.61. The molecule has 0 aliphatic rings. The smallest absolute Gasteiger partial charge is 0.168 e. The molecule has 0 saturated heterocycles. The lowest BCUT2D eigenvalue weighted by atomic mass is 10.1. The third-order valence-corrected chi connectivity index (χ3v) is 4.87. The van der Waals surface area contributed by atoms with Crippen molar-refractivity contribution in [3.63, 3.8) is 0 Å². The second-order valence-electron chi connectivity index (χ2n) is 5.34. The summed E-state index contributed by atoms with van der Waals surface area (Å²) in [6, 6.07) is 14.4. The van der Waals surface area contributed by atoms with Gasteiger partial charge in [-0.3, -0.25) is 0 Å². The normalized spacial score (nSPS) is 11.0. The van der Waals surface area contributed by atoms with Crippen molar-refractivity contribution in [1.29, 1.82) is 0 Å². The molecule has 0 N–H and O–H groups in total. The van der Waals surface area contributed by atoms with Gasteiger partial charge in [-0.15, -0.1) is 0 Å². The summed E-state index contributed by atoms with van der Waals surface area (Å²) < 4.78 is 8.03. The van der Waals surface area contributed by atoms with Crippen molar-refractivity contribution in [2.75, 3.05) is 12.4 Å². The predicted octanol–water partition coefficient (Wildman–Crippen LogP) is 4.36. The van der Waals surface area contributed by atoms with Crippen LogP contribution in [-0.4, -0.2) is 21.9 Å². The van der Waals surface area contributed by atoms with Crippen LogP contribution in [0.5, 0.6) is 5.75 Å². The van der Waals surface area contributed by atoms with Gasteiger partial charge in [-0.1, -0.05) is 36.0 Å². The first-order valence-corrected chi connectivity index (χ1v) is 8.38. The Labute approximate surface area is 135 Å². The first kappa shape index (κ1) is 15.0. The maximum atomic E-state index is 5.90. The Morgan fingerprint density at radius 1 is 1.09 bits per heavy atom. The molecule has 1 heterocycles. The summed E-state index contributed by atoms with van der Waals surface area (Å²) in [5.41, 5.74) is 4.69. The molecule has 2 aromatic carbocycles. The molecule has 0 amide bonds. The summed E-state index contributed by atoms with van der Waals surface area (Å²) in [5.74, 6) is 1.86. The number of hydrogen-bond acceptors (Lipinski definition) is 3. The van der Waals surface area contributed by atoms with Gasteiger partial charge in [-0.2, -0.15) is 0 Å². The molecule has 22 heavy (non-hydrogen) atoms. The molecule has 0 saturated carbocycles. The monoisotopic (exact) mass is 312 g/mol. The van der Waals surface area contributed by atoms with Gasteiger partial charge in [0.05, 0.1) is 17.6 Å². The maximum Gasteiger partial charge on any atom is 0.168 e. The SMILES string of the molecule is Cc1cccc(OCCSc2nc3ccccc3n2C)c1C. The molecule has 0 spiro atoms. The number of ether oxygens (including phenoxy) is 1. The summed E-state index contributed by atoms with van der Waals surface area (Å²) in [6.45, 7) is 4.89. The summed E-state index contributed by atoms with van der Waals surface area (Å²) in [5, 5.41) is 1.03. The molecule has 3 nitrogen and oxygen atoms in total. The van der Waals surface area contributed by atoms with Crippen LogP contribution in [0.3, 0.4) is 0 Å². The molecule has 4 heteroatoms. The Hall–Kier alpha value is -1.94. The molecule has 0 radical (unpaired) electrons. The van der Waals surface area contributed by atoms with Crippen LogP contribution >= 0.6 is 11.8 Å². The highest BCUT2D eigenvalue weighted by atomic mass is 32.2. The van der Waals surface area contributed by atoms with Crippen LogP contribution in [0.1, 0.15) is 11.1 Å². The highest BCUT2D eigenvalue weighted by molar-refractivity contribution is 7.99. The lowest BCUT2D eigenvalue weighted by molar-refractivity contribution is 0.341. The number of benzene rings is 2. The number of imidazole rings is 1. The molecule has 3 aromatic rings. The van der Waals surface area contributed by atoms with Crippen molar-refractivity contribution in [3.05, 3.63) is 53.6 Å². The van der Waals surface area contributed by atoms with E-state index < -0.39 is 0 Å². The largest absolute Gasteiger partial charge is 0.492 e. The second kappa shape index (κ2) is 6.44. The number of thioether (sulfide) groups is 1. The molecule has 114 valence electrons. The molecule has 0 unspecified atom stereocenters. The molecule has 0 atom stereocenters. The average molecular weight is 312 g/mol. The van der Waals surface area contributed by atoms with Gasteiger partial charge in [0, 0.05) is 12.8 Å². The fourth-order valence-corrected chi connectivity index (χ4v) is 3.22. The number of aryl methyl sites for hydroxylation is 2. The van der Waals surface area contributed by atoms with Crippen molar-refractivity contribution in [2.24, 2.45) is 7.05 Å². The third kappa shape index (κ3) is 2.97. The Morgan fingerprint density at radius 2 is 1.91 bits per heavy atom. The number of fused-ring (bicyclic) bond motifs is 1. The van der Waals surface area contributed by atoms with Gasteiger partial charge in [0.2, 0.25) is 0 Å². The van der Waals surface area contributed by atoms with Crippen LogP contribution in [0, 0.1) is 13.8 Å².